The Morgan fingerprint density at radius 2 is 0.891 bits per heavy atom. The van der Waals surface area contributed by atoms with E-state index >= 15 is 0 Å². The summed E-state index contributed by atoms with van der Waals surface area (Å²) in [6.07, 6.45) is 52.5. The van der Waals surface area contributed by atoms with Crippen LogP contribution in [0.15, 0.2) is 169 Å². The van der Waals surface area contributed by atoms with E-state index in [2.05, 4.69) is 93.0 Å². The molecule has 0 amide bonds. The van der Waals surface area contributed by atoms with Crippen LogP contribution >= 0.6 is 0 Å². The van der Waals surface area contributed by atoms with Gasteiger partial charge in [-0.2, -0.15) is 0 Å². The van der Waals surface area contributed by atoms with Crippen molar-refractivity contribution in [2.24, 2.45) is 11.8 Å². The maximum absolute atomic E-state index is 14.5. The number of hydrogen-bond donors (Lipinski definition) is 0. The van der Waals surface area contributed by atoms with Gasteiger partial charge in [-0.3, -0.25) is 22.0 Å². The third kappa shape index (κ3) is 20.1. The minimum absolute atomic E-state index is 0.110. The number of sulfonamides is 1. The molecule has 2 unspecified atom stereocenters. The van der Waals surface area contributed by atoms with E-state index in [-0.39, 0.29) is 40.8 Å². The molecule has 3 aliphatic carbocycles. The Morgan fingerprint density at radius 1 is 0.438 bits per heavy atom. The van der Waals surface area contributed by atoms with Gasteiger partial charge in [0.15, 0.2) is 28.2 Å². The molecule has 0 N–H and O–H groups in total. The van der Waals surface area contributed by atoms with Crippen molar-refractivity contribution >= 4 is 70.2 Å². The van der Waals surface area contributed by atoms with Gasteiger partial charge in [-0.15, -0.1) is 51.0 Å². The van der Waals surface area contributed by atoms with Crippen LogP contribution in [0.3, 0.4) is 0 Å². The highest BCUT2D eigenvalue weighted by molar-refractivity contribution is 7.91. The van der Waals surface area contributed by atoms with Crippen molar-refractivity contribution in [3.63, 3.8) is 0 Å². The molecule has 0 bridgehead atoms. The monoisotopic (exact) mass is 1890 g/mol. The lowest BCUT2D eigenvalue weighted by molar-refractivity contribution is 0.321. The normalized spacial score (nSPS) is 17.9. The topological polar surface area (TPSA) is 341 Å². The summed E-state index contributed by atoms with van der Waals surface area (Å²) < 4.78 is 129. The molecular weight excluding hydrogens is 1780 g/mol. The van der Waals surface area contributed by atoms with Crippen molar-refractivity contribution in [2.45, 2.75) is 211 Å². The molecule has 30 nitrogen and oxygen atoms in total. The molecule has 0 spiro atoms. The van der Waals surface area contributed by atoms with Crippen LogP contribution in [0.2, 0.25) is 0 Å². The molecule has 35 heteroatoms. The van der Waals surface area contributed by atoms with Gasteiger partial charge in [0.05, 0.1) is 50.1 Å². The largest absolute Gasteiger partial charge is 0.493 e. The summed E-state index contributed by atoms with van der Waals surface area (Å²) in [6.45, 7) is 7.34. The van der Waals surface area contributed by atoms with Gasteiger partial charge in [0.2, 0.25) is 10.0 Å². The van der Waals surface area contributed by atoms with E-state index < -0.39 is 19.9 Å². The molecule has 1 saturated carbocycles. The minimum Gasteiger partial charge on any atom is -0.493 e. The number of hydrogen-bond acceptors (Lipinski definition) is 24. The van der Waals surface area contributed by atoms with Crippen molar-refractivity contribution < 1.29 is 53.1 Å². The molecule has 2 atom stereocenters. The first-order valence-electron chi connectivity index (χ1n) is 48.1. The minimum atomic E-state index is -3.17. The van der Waals surface area contributed by atoms with E-state index in [1.165, 1.54) is 108 Å². The highest BCUT2D eigenvalue weighted by Gasteiger charge is 2.33. The fraction of sp³-hybridized carbons (Fsp3) is 0.422. The number of fused-ring (bicyclic) bond motifs is 9. The number of nitrogens with zero attached hydrogens (tertiary/aromatic N) is 21. The first-order valence-corrected chi connectivity index (χ1v) is 51.7. The van der Waals surface area contributed by atoms with Gasteiger partial charge in [0, 0.05) is 152 Å². The second-order valence-corrected chi connectivity index (χ2v) is 41.5. The third-order valence-corrected chi connectivity index (χ3v) is 31.4. The van der Waals surface area contributed by atoms with Crippen LogP contribution in [0.4, 0.5) is 13.2 Å². The number of benzene rings is 4. The lowest BCUT2D eigenvalue weighted by atomic mass is 9.82. The highest BCUT2D eigenvalue weighted by Crippen LogP contribution is 2.41. The highest BCUT2D eigenvalue weighted by atomic mass is 32.2. The van der Waals surface area contributed by atoms with Crippen LogP contribution in [0, 0.1) is 29.3 Å². The molecule has 17 heterocycles. The zero-order chi connectivity index (χ0) is 93.7. The number of sulfone groups is 1. The summed E-state index contributed by atoms with van der Waals surface area (Å²) in [5.41, 5.74) is 19.4. The van der Waals surface area contributed by atoms with Gasteiger partial charge in [-0.05, 0) is 226 Å². The van der Waals surface area contributed by atoms with E-state index in [4.69, 9.17) is 38.0 Å². The van der Waals surface area contributed by atoms with Crippen LogP contribution in [0.5, 0.6) is 17.2 Å². The van der Waals surface area contributed by atoms with E-state index in [9.17, 15) is 30.0 Å². The predicted octanol–water partition coefficient (Wildman–Crippen LogP) is 17.0. The zero-order valence-electron chi connectivity index (χ0n) is 77.2. The molecule has 710 valence electrons. The smallest absolute Gasteiger partial charge is 0.211 e. The zero-order valence-corrected chi connectivity index (χ0v) is 78.8. The summed E-state index contributed by atoms with van der Waals surface area (Å²) in [7, 11) is -6.10. The average molecular weight is 1900 g/mol. The Bertz CT molecular complexity index is 7370. The van der Waals surface area contributed by atoms with Crippen LogP contribution < -0.4 is 14.2 Å². The number of halogens is 3. The molecule has 2 saturated heterocycles. The molecule has 5 aliphatic heterocycles. The summed E-state index contributed by atoms with van der Waals surface area (Å²) in [4.78, 5) is 23.4. The Morgan fingerprint density at radius 3 is 1.36 bits per heavy atom. The fourth-order valence-corrected chi connectivity index (χ4v) is 23.6. The van der Waals surface area contributed by atoms with Gasteiger partial charge >= 0.3 is 0 Å². The van der Waals surface area contributed by atoms with E-state index in [0.717, 1.165) is 202 Å². The van der Waals surface area contributed by atoms with Gasteiger partial charge in [-0.1, -0.05) is 57.4 Å². The average Bonchev–Trinajstić information content (AvgIpc) is 1.72. The molecular formula is C102H110F3N21O9S2. The molecule has 3 fully saturated rings. The van der Waals surface area contributed by atoms with Crippen molar-refractivity contribution in [3.05, 3.63) is 279 Å². The second-order valence-electron chi connectivity index (χ2n) is 37.2. The Labute approximate surface area is 791 Å². The van der Waals surface area contributed by atoms with Crippen LogP contribution in [0.25, 0.3) is 50.4 Å². The van der Waals surface area contributed by atoms with Gasteiger partial charge < -0.3 is 23.0 Å². The number of ether oxygens (including phenoxy) is 3. The van der Waals surface area contributed by atoms with Crippen molar-refractivity contribution in [1.29, 1.82) is 0 Å². The summed E-state index contributed by atoms with van der Waals surface area (Å²) in [5.74, 6) is 9.59. The van der Waals surface area contributed by atoms with Gasteiger partial charge in [-0.25, -0.2) is 59.2 Å². The molecule has 0 radical (unpaired) electrons. The van der Waals surface area contributed by atoms with E-state index in [1.54, 1.807) is 68.6 Å². The Kier molecular flexibility index (Phi) is 27.3. The SMILES string of the molecule is C1=C(c2cnc(CCc3cccc4occc34)n3cnnc23)CCCC1.CC1C=C(c2cnc(CCc3c(F)ccc4c3CCO4)n3cnnc23)CC(C)C1.CS(=O)(=O)N1CCC(c2cnc(CCc3c(F)ccc4c3CCO4)n3cnnc23)CC1.O=S1(=O)CCC(c2cnc(CCc3c(F)ccc4c3CCO4)n3cnnc23)CC1.c1coc(CCc2ncc(C3CCCCC3)c3nncn23)c1. The molecule has 4 aromatic carbocycles. The van der Waals surface area contributed by atoms with Crippen LogP contribution in [0.1, 0.15) is 230 Å². The lowest BCUT2D eigenvalue weighted by Crippen LogP contribution is -2.37. The van der Waals surface area contributed by atoms with Gasteiger partial charge in [0.25, 0.3) is 0 Å². The Hall–Kier alpha value is -13.0. The van der Waals surface area contributed by atoms with Gasteiger partial charge in [0.1, 0.15) is 117 Å². The quantitative estimate of drug-likeness (QED) is 0.0645. The standard InChI is InChI=1S/C23H25FN4O.C21H24FN5O3S.C21H20N4O.C20H21FN4O3S.C17H20N4O/c1-14-9-15(2)11-16(10-14)19-12-25-22(28-13-26-27-23(19)28)6-3-17-18-7-8-29-21(18)5-4-20(17)24;1-31(28,29)26-9-6-14(7-10-26)17-12-23-20(27-13-24-25-21(17)27)5-2-15-16-8-11-30-19(16)4-3-18(15)22;1-2-5-15(6-3-1)18-13-22-20(25-14-23-24-21(18)25)10-9-16-7-4-8-19-17(16)11-12-26-19;21-17-2-3-18-15(5-8-28-18)14(17)1-4-19-22-11-16(20-24-23-12-25(19)20)13-6-9-29(26,27)10-7-13;1-2-5-13(6-3-1)15-11-18-16(21-12-19-20-17(15)21)9-8-14-7-4-10-22-14/h4-5,10,12-15H,3,6-9,11H2,1-2H3;3-4,12-14H,2,5-11H2,1H3;4-5,7-8,11-14H,1-3,6,9-10H2;2-3,11-13H,1,4-10H2;4,7,10-13H,1-3,5-6,8-9H2. The number of furan rings is 2. The molecule has 24 rings (SSSR count). The Balaban J connectivity index is 0.000000106. The maximum Gasteiger partial charge on any atom is 0.211 e. The van der Waals surface area contributed by atoms with Crippen molar-refractivity contribution in [1.82, 2.24) is 102 Å². The first kappa shape index (κ1) is 91.7. The van der Waals surface area contributed by atoms with E-state index in [0.29, 0.717) is 119 Å². The fourth-order valence-electron chi connectivity index (χ4n) is 21.3. The molecule has 12 aromatic heterocycles. The number of piperidine rings is 1. The molecule has 137 heavy (non-hydrogen) atoms. The number of aryl methyl sites for hydroxylation is 7. The summed E-state index contributed by atoms with van der Waals surface area (Å²) in [6, 6.07) is 21.7. The molecule has 16 aromatic rings. The lowest BCUT2D eigenvalue weighted by Gasteiger charge is -2.30. The molecule has 8 aliphatic rings. The number of rotatable bonds is 21. The predicted molar refractivity (Wildman–Crippen MR) is 509 cm³/mol. The number of aromatic nitrogens is 20. The third-order valence-electron chi connectivity index (χ3n) is 28.3. The maximum atomic E-state index is 14.5. The van der Waals surface area contributed by atoms with Crippen molar-refractivity contribution in [2.75, 3.05) is 50.7 Å². The second kappa shape index (κ2) is 40.7. The first-order chi connectivity index (χ1) is 66.8. The van der Waals surface area contributed by atoms with Crippen molar-refractivity contribution in [3.8, 4) is 17.2 Å². The van der Waals surface area contributed by atoms with Crippen LogP contribution in [-0.2, 0) is 103 Å². The van der Waals surface area contributed by atoms with E-state index in [1.807, 2.05) is 77.1 Å². The summed E-state index contributed by atoms with van der Waals surface area (Å²) >= 11 is 0. The summed E-state index contributed by atoms with van der Waals surface area (Å²) in [5, 5.41) is 43.3. The van der Waals surface area contributed by atoms with Crippen LogP contribution in [-0.4, -0.2) is 170 Å². The number of allylic oxidation sites excluding steroid dienone is 4.